The molecule has 0 heterocycles. The summed E-state index contributed by atoms with van der Waals surface area (Å²) < 4.78 is 54.1. The van der Waals surface area contributed by atoms with Crippen molar-refractivity contribution < 1.29 is 47.4 Å². The van der Waals surface area contributed by atoms with Crippen LogP contribution in [0.3, 0.4) is 0 Å². The Balaban J connectivity index is 0.000000213. The smallest absolute Gasteiger partial charge is 0.188 e. The van der Waals surface area contributed by atoms with Gasteiger partial charge in [-0.05, 0) is 147 Å². The molecule has 20 heteroatoms. The van der Waals surface area contributed by atoms with Crippen LogP contribution in [0.4, 0.5) is 0 Å². The van der Waals surface area contributed by atoms with Crippen molar-refractivity contribution in [2.45, 2.75) is 60.8 Å². The summed E-state index contributed by atoms with van der Waals surface area (Å²) in [5.74, 6) is 4.54. The van der Waals surface area contributed by atoms with Gasteiger partial charge in [0.2, 0.25) is 0 Å². The van der Waals surface area contributed by atoms with Gasteiger partial charge in [0.05, 0.1) is 0 Å². The van der Waals surface area contributed by atoms with Crippen LogP contribution in [-0.2, 0) is 29.1 Å². The predicted molar refractivity (Wildman–Crippen MR) is 475 cm³/mol. The van der Waals surface area contributed by atoms with Crippen LogP contribution in [-0.4, -0.2) is 136 Å². The Labute approximate surface area is 657 Å². The molecule has 0 aromatic heterocycles. The fourth-order valence-corrected chi connectivity index (χ4v) is 17.7. The Hall–Kier alpha value is -8.50. The minimum atomic E-state index is -0.00127. The first-order valence-electron chi connectivity index (χ1n) is 35.4. The van der Waals surface area contributed by atoms with Crippen LogP contribution < -0.4 is 76.7 Å². The minimum Gasteiger partial charge on any atom is -0.467 e. The molecular weight excluding hydrogens is 1450 g/mol. The van der Waals surface area contributed by atoms with Gasteiger partial charge in [-0.25, -0.2) is 0 Å². The molecule has 10 rings (SSSR count). The average Bonchev–Trinajstić information content (AvgIpc) is 0.793. The molecule has 574 valence electrons. The molecule has 5 unspecified atom stereocenters. The second-order valence-electron chi connectivity index (χ2n) is 25.6. The highest BCUT2D eigenvalue weighted by Gasteiger charge is 2.24. The molecule has 0 aliphatic rings. The Morgan fingerprint density at radius 3 is 0.982 bits per heavy atom. The highest BCUT2D eigenvalue weighted by atomic mass is 31.1. The summed E-state index contributed by atoms with van der Waals surface area (Å²) in [5, 5.41) is 12.2. The van der Waals surface area contributed by atoms with Crippen molar-refractivity contribution in [1.29, 1.82) is 0 Å². The Kier molecular flexibility index (Phi) is 40.7. The summed E-state index contributed by atoms with van der Waals surface area (Å²) in [4.78, 5) is 20.7. The highest BCUT2D eigenvalue weighted by molar-refractivity contribution is 7.57. The summed E-state index contributed by atoms with van der Waals surface area (Å²) >= 11 is 0. The zero-order valence-electron chi connectivity index (χ0n) is 66.4. The average molecular weight is 1560 g/mol. The van der Waals surface area contributed by atoms with Gasteiger partial charge in [0.25, 0.3) is 0 Å². The molecule has 0 N–H and O–H groups in total. The summed E-state index contributed by atoms with van der Waals surface area (Å²) in [6, 6.07) is 70.9. The summed E-state index contributed by atoms with van der Waals surface area (Å²) in [6.45, 7) is 18.4. The van der Waals surface area contributed by atoms with E-state index in [4.69, 9.17) is 47.4 Å². The number of hydrogen-bond donors (Lipinski definition) is 0. The lowest BCUT2D eigenvalue weighted by molar-refractivity contribution is 0.0505. The quantitative estimate of drug-likeness (QED) is 0.0241. The van der Waals surface area contributed by atoms with Crippen molar-refractivity contribution in [3.8, 4) is 28.7 Å². The molecule has 0 aliphatic carbocycles. The molecule has 10 aromatic rings. The fraction of sp³-hybridized carbons (Fsp3) is 0.270. The van der Waals surface area contributed by atoms with Crippen molar-refractivity contribution >= 4 is 127 Å². The molecule has 10 aromatic carbocycles. The lowest BCUT2D eigenvalue weighted by Gasteiger charge is -2.26. The van der Waals surface area contributed by atoms with Crippen LogP contribution in [0.25, 0.3) is 0 Å². The number of aliphatic imine (C=N–C) groups is 5. The minimum absolute atomic E-state index is 0.00127. The second-order valence-corrected chi connectivity index (χ2v) is 32.2. The van der Waals surface area contributed by atoms with E-state index in [0.717, 1.165) is 67.7 Å². The first kappa shape index (κ1) is 89.4. The van der Waals surface area contributed by atoms with Gasteiger partial charge in [0.15, 0.2) is 34.0 Å². The van der Waals surface area contributed by atoms with Gasteiger partial charge < -0.3 is 47.4 Å². The maximum absolute atomic E-state index is 6.02. The third kappa shape index (κ3) is 30.0. The van der Waals surface area contributed by atoms with Gasteiger partial charge in [-0.15, -0.1) is 0 Å². The number of nitrogens with zero attached hydrogens (tertiary/aromatic N) is 5. The van der Waals surface area contributed by atoms with E-state index in [0.29, 0.717) is 42.9 Å². The SMILES string of the molecule is CN=Cc1ccccc1Pc1cc(C)cc(C(C)(C)C)c1OCOC.CN=Cc1ccccc1Pc1cc(C)cc(C)c1OCOC.CN=Cc1ccccc1Pc1cc(C)ccc1OCOC.CN=Cc1ccccc1Pc1cccc(C)c1OCOC.CN=Cc1ccccc1Pc1ccccc1OCOC. The first-order chi connectivity index (χ1) is 52.9. The van der Waals surface area contributed by atoms with E-state index in [1.54, 1.807) is 70.8 Å². The maximum Gasteiger partial charge on any atom is 0.188 e. The van der Waals surface area contributed by atoms with Gasteiger partial charge in [0.1, 0.15) is 28.7 Å². The van der Waals surface area contributed by atoms with Crippen molar-refractivity contribution in [3.63, 3.8) is 0 Å². The topological polar surface area (TPSA) is 154 Å². The van der Waals surface area contributed by atoms with Crippen LogP contribution in [0.15, 0.2) is 231 Å². The van der Waals surface area contributed by atoms with E-state index in [1.165, 1.54) is 75.3 Å². The Bertz CT molecular complexity index is 4530. The standard InChI is InChI=1S/C21H28NO2P.C18H22NO2P.2C17H20NO2P.C16H18NO2P/c1-15-11-17(21(2,3)4)20(24-14-23-6)19(12-15)25-18-10-8-7-9-16(18)13-22-5;1-13-9-14(2)18(21-12-20-4)17(10-13)22-16-8-6-5-7-15(16)11-19-3;1-13-7-6-10-16(17(13)20-12-19-3)21-15-9-5-4-8-14(15)11-18-2;1-13-8-9-15(20-12-19-3)17(10-13)21-16-7-5-4-6-14(16)11-18-2;1-17-11-13-7-3-5-9-15(13)20-16-10-6-4-8-14(16)19-12-18-2/h7-13,25H,14H2,1-6H3;5-11,22H,12H2,1-4H3;2*4-11,21H,12H2,1-3H3;3-11,20H,12H2,1-2H3. The molecule has 0 saturated heterocycles. The highest BCUT2D eigenvalue weighted by Crippen LogP contribution is 2.35. The number of para-hydroxylation sites is 2. The van der Waals surface area contributed by atoms with E-state index < -0.39 is 0 Å². The first-order valence-corrected chi connectivity index (χ1v) is 40.4. The van der Waals surface area contributed by atoms with Gasteiger partial charge in [-0.2, -0.15) is 0 Å². The second kappa shape index (κ2) is 49.6. The van der Waals surface area contributed by atoms with Crippen molar-refractivity contribution in [2.75, 3.05) is 105 Å². The normalized spacial score (nSPS) is 11.8. The van der Waals surface area contributed by atoms with Crippen molar-refractivity contribution in [2.24, 2.45) is 25.0 Å². The molecule has 109 heavy (non-hydrogen) atoms. The third-order valence-electron chi connectivity index (χ3n) is 15.8. The molecule has 0 bridgehead atoms. The summed E-state index contributed by atoms with van der Waals surface area (Å²) in [7, 11) is 19.7. The zero-order chi connectivity index (χ0) is 78.8. The van der Waals surface area contributed by atoms with Gasteiger partial charge >= 0.3 is 0 Å². The van der Waals surface area contributed by atoms with E-state index in [9.17, 15) is 0 Å². The fourth-order valence-electron chi connectivity index (χ4n) is 11.0. The molecule has 0 aliphatic heterocycles. The van der Waals surface area contributed by atoms with Crippen LogP contribution in [0.1, 0.15) is 82.0 Å². The molecular formula is C89H108N5O10P5. The van der Waals surface area contributed by atoms with E-state index >= 15 is 0 Å². The number of rotatable bonds is 30. The third-order valence-corrected chi connectivity index (χ3v) is 22.7. The van der Waals surface area contributed by atoms with Crippen molar-refractivity contribution in [1.82, 2.24) is 0 Å². The number of hydrogen-bond acceptors (Lipinski definition) is 15. The predicted octanol–water partition coefficient (Wildman–Crippen LogP) is 14.6. The molecule has 0 amide bonds. The zero-order valence-corrected chi connectivity index (χ0v) is 71.4. The molecule has 0 saturated carbocycles. The van der Waals surface area contributed by atoms with E-state index in [-0.39, 0.29) is 39.4 Å². The number of ether oxygens (including phenoxy) is 10. The van der Waals surface area contributed by atoms with E-state index in [2.05, 4.69) is 226 Å². The van der Waals surface area contributed by atoms with Crippen molar-refractivity contribution in [3.05, 3.63) is 267 Å². The monoisotopic (exact) mass is 1560 g/mol. The summed E-state index contributed by atoms with van der Waals surface area (Å²) in [5.41, 5.74) is 13.0. The molecule has 0 spiro atoms. The lowest BCUT2D eigenvalue weighted by atomic mass is 9.85. The summed E-state index contributed by atoms with van der Waals surface area (Å²) in [6.07, 6.45) is 9.50. The maximum atomic E-state index is 6.02. The number of benzene rings is 10. The molecule has 0 radical (unpaired) electrons. The van der Waals surface area contributed by atoms with E-state index in [1.807, 2.05) is 91.7 Å². The van der Waals surface area contributed by atoms with Crippen LogP contribution >= 0.6 is 42.9 Å². The van der Waals surface area contributed by atoms with Crippen LogP contribution in [0.2, 0.25) is 0 Å². The van der Waals surface area contributed by atoms with Gasteiger partial charge in [0, 0.05) is 134 Å². The number of aryl methyl sites for hydroxylation is 5. The Morgan fingerprint density at radius 1 is 0.275 bits per heavy atom. The number of methoxy groups -OCH3 is 5. The Morgan fingerprint density at radius 2 is 0.578 bits per heavy atom. The van der Waals surface area contributed by atoms with Crippen LogP contribution in [0, 0.1) is 34.6 Å². The largest absolute Gasteiger partial charge is 0.467 e. The van der Waals surface area contributed by atoms with Crippen LogP contribution in [0.5, 0.6) is 28.7 Å². The molecule has 15 nitrogen and oxygen atoms in total. The molecule has 0 fully saturated rings. The molecule has 5 atom stereocenters. The van der Waals surface area contributed by atoms with Gasteiger partial charge in [-0.1, -0.05) is 245 Å². The lowest BCUT2D eigenvalue weighted by Crippen LogP contribution is -2.20. The van der Waals surface area contributed by atoms with Gasteiger partial charge in [-0.3, -0.25) is 25.0 Å².